The van der Waals surface area contributed by atoms with Gasteiger partial charge in [-0.25, -0.2) is 0 Å². The first-order valence-electron chi connectivity index (χ1n) is 10.7. The Balaban J connectivity index is 1.57. The molecule has 0 bridgehead atoms. The second-order valence-electron chi connectivity index (χ2n) is 8.04. The first-order valence-corrected chi connectivity index (χ1v) is 10.7. The molecule has 29 heavy (non-hydrogen) atoms. The quantitative estimate of drug-likeness (QED) is 0.471. The Morgan fingerprint density at radius 1 is 1.14 bits per heavy atom. The normalized spacial score (nSPS) is 28.6. The summed E-state index contributed by atoms with van der Waals surface area (Å²) in [6, 6.07) is 0.272. The molecular formula is C19H34F3N5O2. The van der Waals surface area contributed by atoms with Crippen molar-refractivity contribution >= 4 is 5.96 Å². The lowest BCUT2D eigenvalue weighted by Gasteiger charge is -2.36. The van der Waals surface area contributed by atoms with Crippen LogP contribution in [0, 0.1) is 5.92 Å². The number of likely N-dealkylation sites (tertiary alicyclic amines) is 1. The molecule has 3 heterocycles. The van der Waals surface area contributed by atoms with E-state index in [2.05, 4.69) is 15.5 Å². The highest BCUT2D eigenvalue weighted by molar-refractivity contribution is 5.80. The van der Waals surface area contributed by atoms with Crippen LogP contribution in [0.2, 0.25) is 0 Å². The van der Waals surface area contributed by atoms with E-state index in [0.29, 0.717) is 50.5 Å². The minimum atomic E-state index is -4.15. The molecule has 3 saturated heterocycles. The summed E-state index contributed by atoms with van der Waals surface area (Å²) in [4.78, 5) is 8.71. The van der Waals surface area contributed by atoms with Gasteiger partial charge in [0.1, 0.15) is 0 Å². The first kappa shape index (κ1) is 22.6. The fourth-order valence-corrected chi connectivity index (χ4v) is 4.37. The summed E-state index contributed by atoms with van der Waals surface area (Å²) in [5.41, 5.74) is 0. The van der Waals surface area contributed by atoms with Crippen LogP contribution in [-0.4, -0.2) is 106 Å². The van der Waals surface area contributed by atoms with E-state index in [0.717, 1.165) is 45.9 Å². The van der Waals surface area contributed by atoms with E-state index in [9.17, 15) is 13.2 Å². The maximum atomic E-state index is 12.6. The van der Waals surface area contributed by atoms with E-state index in [1.807, 2.05) is 6.92 Å². The van der Waals surface area contributed by atoms with Crippen LogP contribution in [0.3, 0.4) is 0 Å². The Kier molecular flexibility index (Phi) is 8.40. The summed E-state index contributed by atoms with van der Waals surface area (Å²) < 4.78 is 49.0. The van der Waals surface area contributed by atoms with Crippen LogP contribution in [0.4, 0.5) is 13.2 Å². The van der Waals surface area contributed by atoms with E-state index in [4.69, 9.17) is 14.5 Å². The number of halogens is 3. The summed E-state index contributed by atoms with van der Waals surface area (Å²) in [6.45, 7) is 8.16. The summed E-state index contributed by atoms with van der Waals surface area (Å²) in [7, 11) is 0. The number of morpholine rings is 1. The van der Waals surface area contributed by atoms with Crippen molar-refractivity contribution in [2.45, 2.75) is 38.0 Å². The SMILES string of the molecule is CCNC(=NCC(C1CCOC1)N1CCOCC1)NC1CCN(CC(F)(F)F)C1. The molecule has 7 nitrogen and oxygen atoms in total. The molecule has 2 N–H and O–H groups in total. The molecule has 168 valence electrons. The third-order valence-corrected chi connectivity index (χ3v) is 5.82. The van der Waals surface area contributed by atoms with Crippen molar-refractivity contribution in [1.82, 2.24) is 20.4 Å². The van der Waals surface area contributed by atoms with Gasteiger partial charge in [0, 0.05) is 57.3 Å². The predicted molar refractivity (Wildman–Crippen MR) is 105 cm³/mol. The number of aliphatic imine (C=N–C) groups is 1. The molecule has 0 aromatic heterocycles. The van der Waals surface area contributed by atoms with Gasteiger partial charge in [-0.15, -0.1) is 0 Å². The van der Waals surface area contributed by atoms with E-state index >= 15 is 0 Å². The number of guanidine groups is 1. The van der Waals surface area contributed by atoms with E-state index in [1.165, 1.54) is 4.90 Å². The molecule has 0 aliphatic carbocycles. The first-order chi connectivity index (χ1) is 13.9. The van der Waals surface area contributed by atoms with Crippen LogP contribution in [-0.2, 0) is 9.47 Å². The molecule has 3 unspecified atom stereocenters. The highest BCUT2D eigenvalue weighted by atomic mass is 19.4. The number of hydrogen-bond donors (Lipinski definition) is 2. The van der Waals surface area contributed by atoms with Crippen LogP contribution < -0.4 is 10.6 Å². The summed E-state index contributed by atoms with van der Waals surface area (Å²) in [5, 5.41) is 6.58. The summed E-state index contributed by atoms with van der Waals surface area (Å²) >= 11 is 0. The lowest BCUT2D eigenvalue weighted by atomic mass is 9.97. The number of ether oxygens (including phenoxy) is 2. The minimum Gasteiger partial charge on any atom is -0.381 e. The predicted octanol–water partition coefficient (Wildman–Crippen LogP) is 0.915. The highest BCUT2D eigenvalue weighted by Gasteiger charge is 2.35. The summed E-state index contributed by atoms with van der Waals surface area (Å²) in [5.74, 6) is 1.14. The second kappa shape index (κ2) is 10.8. The third-order valence-electron chi connectivity index (χ3n) is 5.82. The van der Waals surface area contributed by atoms with Crippen molar-refractivity contribution in [3.63, 3.8) is 0 Å². The fraction of sp³-hybridized carbons (Fsp3) is 0.947. The van der Waals surface area contributed by atoms with Crippen LogP contribution >= 0.6 is 0 Å². The minimum absolute atomic E-state index is 0.0215. The number of alkyl halides is 3. The van der Waals surface area contributed by atoms with Crippen molar-refractivity contribution in [2.75, 3.05) is 72.2 Å². The standard InChI is InChI=1S/C19H34F3N5O2/c1-2-23-18(25-16-3-5-26(12-16)14-19(20,21)22)24-11-17(15-4-8-29-13-15)27-6-9-28-10-7-27/h15-17H,2-14H2,1H3,(H2,23,24,25). The van der Waals surface area contributed by atoms with E-state index in [-0.39, 0.29) is 6.04 Å². The van der Waals surface area contributed by atoms with Gasteiger partial charge >= 0.3 is 6.18 Å². The van der Waals surface area contributed by atoms with Gasteiger partial charge < -0.3 is 20.1 Å². The Morgan fingerprint density at radius 3 is 2.59 bits per heavy atom. The van der Waals surface area contributed by atoms with Gasteiger partial charge in [-0.1, -0.05) is 0 Å². The third kappa shape index (κ3) is 7.27. The van der Waals surface area contributed by atoms with Gasteiger partial charge in [0.15, 0.2) is 5.96 Å². The van der Waals surface area contributed by atoms with Crippen molar-refractivity contribution in [2.24, 2.45) is 10.9 Å². The fourth-order valence-electron chi connectivity index (χ4n) is 4.37. The van der Waals surface area contributed by atoms with Gasteiger partial charge in [-0.2, -0.15) is 13.2 Å². The molecule has 3 aliphatic heterocycles. The largest absolute Gasteiger partial charge is 0.401 e. The summed E-state index contributed by atoms with van der Waals surface area (Å²) in [6.07, 6.45) is -2.43. The van der Waals surface area contributed by atoms with Crippen LogP contribution in [0.1, 0.15) is 19.8 Å². The maximum Gasteiger partial charge on any atom is 0.401 e. The molecule has 3 atom stereocenters. The second-order valence-corrected chi connectivity index (χ2v) is 8.04. The van der Waals surface area contributed by atoms with Crippen LogP contribution in [0.15, 0.2) is 4.99 Å². The zero-order valence-corrected chi connectivity index (χ0v) is 17.2. The van der Waals surface area contributed by atoms with Gasteiger partial charge in [0.05, 0.1) is 32.9 Å². The highest BCUT2D eigenvalue weighted by Crippen LogP contribution is 2.23. The Morgan fingerprint density at radius 2 is 1.93 bits per heavy atom. The van der Waals surface area contributed by atoms with Crippen LogP contribution in [0.25, 0.3) is 0 Å². The van der Waals surface area contributed by atoms with Gasteiger partial charge in [-0.3, -0.25) is 14.8 Å². The van der Waals surface area contributed by atoms with E-state index < -0.39 is 12.7 Å². The molecule has 3 rings (SSSR count). The molecule has 10 heteroatoms. The molecule has 0 spiro atoms. The Labute approximate surface area is 171 Å². The molecule has 0 aromatic rings. The Hall–Kier alpha value is -1.10. The Bertz CT molecular complexity index is 522. The molecule has 0 amide bonds. The monoisotopic (exact) mass is 421 g/mol. The number of hydrogen-bond acceptors (Lipinski definition) is 5. The molecular weight excluding hydrogens is 387 g/mol. The van der Waals surface area contributed by atoms with Crippen molar-refractivity contribution in [1.29, 1.82) is 0 Å². The molecule has 0 saturated carbocycles. The average molecular weight is 422 g/mol. The van der Waals surface area contributed by atoms with Gasteiger partial charge in [0.25, 0.3) is 0 Å². The smallest absolute Gasteiger partial charge is 0.381 e. The average Bonchev–Trinajstić information content (AvgIpc) is 3.34. The zero-order valence-electron chi connectivity index (χ0n) is 17.2. The lowest BCUT2D eigenvalue weighted by molar-refractivity contribution is -0.143. The molecule has 3 aliphatic rings. The number of rotatable bonds is 7. The maximum absolute atomic E-state index is 12.6. The van der Waals surface area contributed by atoms with E-state index in [1.54, 1.807) is 0 Å². The van der Waals surface area contributed by atoms with Crippen molar-refractivity contribution < 1.29 is 22.6 Å². The van der Waals surface area contributed by atoms with Crippen molar-refractivity contribution in [3.8, 4) is 0 Å². The molecule has 3 fully saturated rings. The van der Waals surface area contributed by atoms with Gasteiger partial charge in [-0.05, 0) is 19.8 Å². The molecule has 0 aromatic carbocycles. The van der Waals surface area contributed by atoms with Crippen LogP contribution in [0.5, 0.6) is 0 Å². The molecule has 0 radical (unpaired) electrons. The number of nitrogens with one attached hydrogen (secondary N) is 2. The zero-order chi connectivity index (χ0) is 20.7. The lowest BCUT2D eigenvalue weighted by Crippen LogP contribution is -2.50. The topological polar surface area (TPSA) is 61.4 Å². The van der Waals surface area contributed by atoms with Crippen molar-refractivity contribution in [3.05, 3.63) is 0 Å². The van der Waals surface area contributed by atoms with Gasteiger partial charge in [0.2, 0.25) is 0 Å². The number of nitrogens with zero attached hydrogens (tertiary/aromatic N) is 3.